The fourth-order valence-corrected chi connectivity index (χ4v) is 5.73. The number of ether oxygens (including phenoxy) is 2. The Morgan fingerprint density at radius 2 is 1.50 bits per heavy atom. The lowest BCUT2D eigenvalue weighted by atomic mass is 9.77. The van der Waals surface area contributed by atoms with Gasteiger partial charge in [-0.1, -0.05) is 31.5 Å². The third kappa shape index (κ3) is 5.79. The van der Waals surface area contributed by atoms with Crippen molar-refractivity contribution in [1.82, 2.24) is 0 Å². The van der Waals surface area contributed by atoms with Crippen molar-refractivity contribution in [1.29, 1.82) is 0 Å². The molecule has 2 aliphatic rings. The monoisotopic (exact) mass is 474 g/mol. The molecule has 2 saturated carbocycles. The molecule has 0 N–H and O–H groups in total. The summed E-state index contributed by atoms with van der Waals surface area (Å²) < 4.78 is 55.2. The topological polar surface area (TPSA) is 18.5 Å². The summed E-state index contributed by atoms with van der Waals surface area (Å²) in [6.07, 6.45) is 8.65. The predicted molar refractivity (Wildman–Crippen MR) is 129 cm³/mol. The Morgan fingerprint density at radius 3 is 2.15 bits per heavy atom. The van der Waals surface area contributed by atoms with E-state index in [2.05, 4.69) is 6.92 Å². The van der Waals surface area contributed by atoms with Crippen LogP contribution in [0.5, 0.6) is 5.75 Å². The molecule has 0 saturated heterocycles. The second-order valence-electron chi connectivity index (χ2n) is 9.98. The largest absolute Gasteiger partial charge is 0.491 e. The van der Waals surface area contributed by atoms with Gasteiger partial charge in [0.1, 0.15) is 0 Å². The zero-order chi connectivity index (χ0) is 24.1. The average Bonchev–Trinajstić information content (AvgIpc) is 2.87. The standard InChI is InChI=1S/C29H37F3O2/c1-3-19-5-7-21(8-6-19)25-15-11-23(28(31)29(25)32)18-34-24-13-9-20(10-14-24)22-12-16-27(33-4-2)26(30)17-22/h11-12,15-17,19-21,24H,3-10,13-14,18H2,1-2H3. The molecule has 2 aromatic carbocycles. The Kier molecular flexibility index (Phi) is 8.57. The van der Waals surface area contributed by atoms with Gasteiger partial charge in [0.05, 0.1) is 19.3 Å². The van der Waals surface area contributed by atoms with Crippen molar-refractivity contribution in [3.63, 3.8) is 0 Å². The maximum absolute atomic E-state index is 14.9. The van der Waals surface area contributed by atoms with Crippen LogP contribution in [0.2, 0.25) is 0 Å². The number of rotatable bonds is 8. The summed E-state index contributed by atoms with van der Waals surface area (Å²) >= 11 is 0. The van der Waals surface area contributed by atoms with E-state index in [0.29, 0.717) is 17.7 Å². The normalized spacial score (nSPS) is 25.3. The first kappa shape index (κ1) is 25.1. The minimum Gasteiger partial charge on any atom is -0.491 e. The Balaban J connectivity index is 1.29. The van der Waals surface area contributed by atoms with Crippen LogP contribution in [-0.4, -0.2) is 12.7 Å². The van der Waals surface area contributed by atoms with Gasteiger partial charge in [0.2, 0.25) is 0 Å². The van der Waals surface area contributed by atoms with Gasteiger partial charge >= 0.3 is 0 Å². The third-order valence-corrected chi connectivity index (χ3v) is 7.93. The highest BCUT2D eigenvalue weighted by molar-refractivity contribution is 5.32. The number of hydrogen-bond donors (Lipinski definition) is 0. The average molecular weight is 475 g/mol. The Labute approximate surface area is 201 Å². The first-order valence-electron chi connectivity index (χ1n) is 13.0. The van der Waals surface area contributed by atoms with Crippen molar-refractivity contribution in [2.45, 2.75) is 96.2 Å². The Hall–Kier alpha value is -2.01. The highest BCUT2D eigenvalue weighted by Crippen LogP contribution is 2.39. The van der Waals surface area contributed by atoms with E-state index in [0.717, 1.165) is 62.8 Å². The summed E-state index contributed by atoms with van der Waals surface area (Å²) in [6, 6.07) is 8.69. The highest BCUT2D eigenvalue weighted by Gasteiger charge is 2.27. The van der Waals surface area contributed by atoms with Crippen LogP contribution in [0.4, 0.5) is 13.2 Å². The smallest absolute Gasteiger partial charge is 0.165 e. The third-order valence-electron chi connectivity index (χ3n) is 7.93. The Morgan fingerprint density at radius 1 is 0.794 bits per heavy atom. The molecule has 4 rings (SSSR count). The van der Waals surface area contributed by atoms with Gasteiger partial charge in [-0.25, -0.2) is 13.2 Å². The molecule has 34 heavy (non-hydrogen) atoms. The lowest BCUT2D eigenvalue weighted by Gasteiger charge is -2.29. The maximum Gasteiger partial charge on any atom is 0.165 e. The van der Waals surface area contributed by atoms with Gasteiger partial charge in [-0.05, 0) is 99.3 Å². The maximum atomic E-state index is 14.9. The molecule has 2 aliphatic carbocycles. The summed E-state index contributed by atoms with van der Waals surface area (Å²) in [5, 5.41) is 0. The van der Waals surface area contributed by atoms with Gasteiger partial charge in [-0.15, -0.1) is 0 Å². The van der Waals surface area contributed by atoms with Crippen LogP contribution in [0.1, 0.15) is 100 Å². The summed E-state index contributed by atoms with van der Waals surface area (Å²) in [4.78, 5) is 0. The highest BCUT2D eigenvalue weighted by atomic mass is 19.2. The minimum absolute atomic E-state index is 0.00949. The first-order valence-corrected chi connectivity index (χ1v) is 13.0. The molecule has 2 nitrogen and oxygen atoms in total. The van der Waals surface area contributed by atoms with Crippen LogP contribution in [0, 0.1) is 23.4 Å². The predicted octanol–water partition coefficient (Wildman–Crippen LogP) is 8.43. The summed E-state index contributed by atoms with van der Waals surface area (Å²) in [7, 11) is 0. The van der Waals surface area contributed by atoms with E-state index in [1.165, 1.54) is 6.42 Å². The second kappa shape index (κ2) is 11.6. The molecule has 0 aromatic heterocycles. The molecular formula is C29H37F3O2. The van der Waals surface area contributed by atoms with Crippen molar-refractivity contribution in [3.05, 3.63) is 64.5 Å². The molecule has 2 aromatic rings. The van der Waals surface area contributed by atoms with Crippen molar-refractivity contribution < 1.29 is 22.6 Å². The van der Waals surface area contributed by atoms with E-state index in [9.17, 15) is 13.2 Å². The van der Waals surface area contributed by atoms with E-state index in [1.54, 1.807) is 24.3 Å². The molecule has 0 aliphatic heterocycles. The molecule has 0 unspecified atom stereocenters. The molecular weight excluding hydrogens is 437 g/mol. The van der Waals surface area contributed by atoms with Crippen LogP contribution in [-0.2, 0) is 11.3 Å². The molecule has 0 amide bonds. The van der Waals surface area contributed by atoms with Gasteiger partial charge in [-0.3, -0.25) is 0 Å². The molecule has 186 valence electrons. The number of halogens is 3. The van der Waals surface area contributed by atoms with Crippen LogP contribution < -0.4 is 4.74 Å². The Bertz CT molecular complexity index is 945. The van der Waals surface area contributed by atoms with Crippen LogP contribution >= 0.6 is 0 Å². The zero-order valence-corrected chi connectivity index (χ0v) is 20.4. The van der Waals surface area contributed by atoms with E-state index >= 15 is 0 Å². The summed E-state index contributed by atoms with van der Waals surface area (Å²) in [6.45, 7) is 4.55. The van der Waals surface area contributed by atoms with Crippen molar-refractivity contribution in [2.24, 2.45) is 5.92 Å². The van der Waals surface area contributed by atoms with E-state index in [-0.39, 0.29) is 36.1 Å². The second-order valence-corrected chi connectivity index (χ2v) is 9.98. The van der Waals surface area contributed by atoms with Crippen LogP contribution in [0.25, 0.3) is 0 Å². The van der Waals surface area contributed by atoms with Gasteiger partial charge in [-0.2, -0.15) is 0 Å². The minimum atomic E-state index is -0.756. The van der Waals surface area contributed by atoms with Gasteiger partial charge in [0, 0.05) is 5.56 Å². The van der Waals surface area contributed by atoms with E-state index in [4.69, 9.17) is 9.47 Å². The fraction of sp³-hybridized carbons (Fsp3) is 0.586. The number of benzene rings is 2. The summed E-state index contributed by atoms with van der Waals surface area (Å²) in [5.41, 5.74) is 1.80. The zero-order valence-electron chi connectivity index (χ0n) is 20.4. The van der Waals surface area contributed by atoms with Crippen molar-refractivity contribution in [3.8, 4) is 5.75 Å². The molecule has 5 heteroatoms. The molecule has 0 atom stereocenters. The van der Waals surface area contributed by atoms with Crippen molar-refractivity contribution in [2.75, 3.05) is 6.61 Å². The molecule has 0 radical (unpaired) electrons. The van der Waals surface area contributed by atoms with Gasteiger partial charge < -0.3 is 9.47 Å². The fourth-order valence-electron chi connectivity index (χ4n) is 5.73. The van der Waals surface area contributed by atoms with E-state index < -0.39 is 11.6 Å². The lowest BCUT2D eigenvalue weighted by molar-refractivity contribution is 0.0118. The van der Waals surface area contributed by atoms with Gasteiger partial charge in [0.25, 0.3) is 0 Å². The lowest BCUT2D eigenvalue weighted by Crippen LogP contribution is -2.21. The molecule has 0 bridgehead atoms. The molecule has 0 heterocycles. The van der Waals surface area contributed by atoms with Crippen LogP contribution in [0.15, 0.2) is 30.3 Å². The van der Waals surface area contributed by atoms with Gasteiger partial charge in [0.15, 0.2) is 23.2 Å². The van der Waals surface area contributed by atoms with E-state index in [1.807, 2.05) is 13.0 Å². The molecule has 2 fully saturated rings. The quantitative estimate of drug-likeness (QED) is 0.382. The van der Waals surface area contributed by atoms with Crippen LogP contribution in [0.3, 0.4) is 0 Å². The number of hydrogen-bond acceptors (Lipinski definition) is 2. The first-order chi connectivity index (χ1) is 16.5. The van der Waals surface area contributed by atoms with Crippen molar-refractivity contribution >= 4 is 0 Å². The summed E-state index contributed by atoms with van der Waals surface area (Å²) in [5.74, 6) is -0.359. The molecule has 0 spiro atoms. The SMILES string of the molecule is CCOc1ccc(C2CCC(OCc3ccc(C4CCC(CC)CC4)c(F)c3F)CC2)cc1F.